The van der Waals surface area contributed by atoms with E-state index >= 15 is 0 Å². The smallest absolute Gasteiger partial charge is 0.149 e. The van der Waals surface area contributed by atoms with Gasteiger partial charge in [0.1, 0.15) is 5.78 Å². The Morgan fingerprint density at radius 3 is 2.08 bits per heavy atom. The average molecular weight is 189 g/mol. The summed E-state index contributed by atoms with van der Waals surface area (Å²) in [7, 11) is 0. The van der Waals surface area contributed by atoms with Crippen molar-refractivity contribution in [3.63, 3.8) is 0 Å². The SMILES string of the molecule is CCC(=O)C(C)N(CCO)CCO. The lowest BCUT2D eigenvalue weighted by atomic mass is 10.1. The summed E-state index contributed by atoms with van der Waals surface area (Å²) in [6, 6.07) is -0.204. The lowest BCUT2D eigenvalue weighted by Crippen LogP contribution is -2.42. The van der Waals surface area contributed by atoms with E-state index in [1.807, 2.05) is 6.92 Å². The molecule has 0 radical (unpaired) electrons. The second-order valence-corrected chi connectivity index (χ2v) is 2.98. The summed E-state index contributed by atoms with van der Waals surface area (Å²) in [5.74, 6) is 0.141. The van der Waals surface area contributed by atoms with Gasteiger partial charge in [-0.1, -0.05) is 6.92 Å². The molecule has 0 saturated carbocycles. The third-order valence-corrected chi connectivity index (χ3v) is 2.14. The van der Waals surface area contributed by atoms with E-state index in [9.17, 15) is 4.79 Å². The highest BCUT2D eigenvalue weighted by Crippen LogP contribution is 2.01. The molecule has 0 aromatic carbocycles. The molecule has 78 valence electrons. The summed E-state index contributed by atoms with van der Waals surface area (Å²) < 4.78 is 0. The fraction of sp³-hybridized carbons (Fsp3) is 0.889. The molecule has 13 heavy (non-hydrogen) atoms. The van der Waals surface area contributed by atoms with E-state index in [0.717, 1.165) is 0 Å². The summed E-state index contributed by atoms with van der Waals surface area (Å²) in [6.45, 7) is 4.52. The van der Waals surface area contributed by atoms with Crippen molar-refractivity contribution in [2.45, 2.75) is 26.3 Å². The molecule has 4 nitrogen and oxygen atoms in total. The van der Waals surface area contributed by atoms with Crippen LogP contribution in [0, 0.1) is 0 Å². The molecule has 1 atom stereocenters. The number of nitrogens with zero attached hydrogens (tertiary/aromatic N) is 1. The van der Waals surface area contributed by atoms with Crippen molar-refractivity contribution in [1.29, 1.82) is 0 Å². The van der Waals surface area contributed by atoms with E-state index < -0.39 is 0 Å². The summed E-state index contributed by atoms with van der Waals surface area (Å²) in [5.41, 5.74) is 0. The number of Topliss-reactive ketones (excluding diaryl/α,β-unsaturated/α-hetero) is 1. The molecule has 0 saturated heterocycles. The Kier molecular flexibility index (Phi) is 6.76. The number of hydrogen-bond acceptors (Lipinski definition) is 4. The Morgan fingerprint density at radius 2 is 1.77 bits per heavy atom. The van der Waals surface area contributed by atoms with Gasteiger partial charge in [-0.25, -0.2) is 0 Å². The first-order valence-electron chi connectivity index (χ1n) is 4.65. The van der Waals surface area contributed by atoms with Crippen LogP contribution in [0.3, 0.4) is 0 Å². The zero-order chi connectivity index (χ0) is 10.3. The van der Waals surface area contributed by atoms with Gasteiger partial charge in [0.05, 0.1) is 19.3 Å². The van der Waals surface area contributed by atoms with Crippen LogP contribution in [-0.2, 0) is 4.79 Å². The summed E-state index contributed by atoms with van der Waals surface area (Å²) in [5, 5.41) is 17.5. The van der Waals surface area contributed by atoms with Gasteiger partial charge in [0.25, 0.3) is 0 Å². The Bertz CT molecular complexity index is 144. The van der Waals surface area contributed by atoms with Crippen LogP contribution < -0.4 is 0 Å². The maximum Gasteiger partial charge on any atom is 0.149 e. The van der Waals surface area contributed by atoms with Crippen LogP contribution in [0.15, 0.2) is 0 Å². The second-order valence-electron chi connectivity index (χ2n) is 2.98. The third kappa shape index (κ3) is 4.36. The summed E-state index contributed by atoms with van der Waals surface area (Å²) >= 11 is 0. The molecule has 0 amide bonds. The minimum absolute atomic E-state index is 0.0152. The fourth-order valence-electron chi connectivity index (χ4n) is 1.26. The monoisotopic (exact) mass is 189 g/mol. The van der Waals surface area contributed by atoms with Crippen LogP contribution in [0.4, 0.5) is 0 Å². The molecule has 0 aromatic heterocycles. The molecule has 1 unspecified atom stereocenters. The van der Waals surface area contributed by atoms with Crippen LogP contribution in [0.1, 0.15) is 20.3 Å². The number of carbonyl (C=O) groups excluding carboxylic acids is 1. The molecule has 0 aliphatic rings. The van der Waals surface area contributed by atoms with Gasteiger partial charge < -0.3 is 10.2 Å². The second kappa shape index (κ2) is 7.00. The first kappa shape index (κ1) is 12.6. The van der Waals surface area contributed by atoms with E-state index in [0.29, 0.717) is 19.5 Å². The Hall–Kier alpha value is -0.450. The molecule has 0 aliphatic heterocycles. The Balaban J connectivity index is 4.08. The molecule has 0 aromatic rings. The predicted molar refractivity (Wildman–Crippen MR) is 50.5 cm³/mol. The number of hydrogen-bond donors (Lipinski definition) is 2. The first-order chi connectivity index (χ1) is 6.17. The molecule has 0 bridgehead atoms. The van der Waals surface area contributed by atoms with Crippen LogP contribution in [0.5, 0.6) is 0 Å². The predicted octanol–water partition coefficient (Wildman–Crippen LogP) is -0.359. The van der Waals surface area contributed by atoms with Crippen LogP contribution >= 0.6 is 0 Å². The maximum atomic E-state index is 11.3. The molecule has 0 fully saturated rings. The van der Waals surface area contributed by atoms with E-state index in [1.165, 1.54) is 0 Å². The molecule has 0 rings (SSSR count). The van der Waals surface area contributed by atoms with Gasteiger partial charge >= 0.3 is 0 Å². The topological polar surface area (TPSA) is 60.8 Å². The van der Waals surface area contributed by atoms with Gasteiger partial charge in [0, 0.05) is 19.5 Å². The molecule has 0 spiro atoms. The number of ketones is 1. The van der Waals surface area contributed by atoms with Crippen molar-refractivity contribution in [2.24, 2.45) is 0 Å². The number of rotatable bonds is 7. The number of carbonyl (C=O) groups is 1. The molecule has 0 heterocycles. The molecule has 2 N–H and O–H groups in total. The average Bonchev–Trinajstić information content (AvgIpc) is 2.15. The van der Waals surface area contributed by atoms with Gasteiger partial charge in [0.2, 0.25) is 0 Å². The fourth-order valence-corrected chi connectivity index (χ4v) is 1.26. The van der Waals surface area contributed by atoms with Crippen molar-refractivity contribution < 1.29 is 15.0 Å². The first-order valence-corrected chi connectivity index (χ1v) is 4.65. The van der Waals surface area contributed by atoms with Gasteiger partial charge in [-0.2, -0.15) is 0 Å². The summed E-state index contributed by atoms with van der Waals surface area (Å²) in [4.78, 5) is 13.1. The lowest BCUT2D eigenvalue weighted by molar-refractivity contribution is -0.123. The standard InChI is InChI=1S/C9H19NO3/c1-3-9(13)8(2)10(4-6-11)5-7-12/h8,11-12H,3-7H2,1-2H3. The van der Waals surface area contributed by atoms with Gasteiger partial charge in [0.15, 0.2) is 0 Å². The number of aliphatic hydroxyl groups is 2. The van der Waals surface area contributed by atoms with Gasteiger partial charge in [-0.3, -0.25) is 9.69 Å². The largest absolute Gasteiger partial charge is 0.395 e. The van der Waals surface area contributed by atoms with Crippen molar-refractivity contribution in [2.75, 3.05) is 26.3 Å². The quantitative estimate of drug-likeness (QED) is 0.574. The summed E-state index contributed by atoms with van der Waals surface area (Å²) in [6.07, 6.45) is 0.495. The zero-order valence-corrected chi connectivity index (χ0v) is 8.36. The van der Waals surface area contributed by atoms with E-state index in [2.05, 4.69) is 0 Å². The van der Waals surface area contributed by atoms with Gasteiger partial charge in [-0.15, -0.1) is 0 Å². The molecular formula is C9H19NO3. The van der Waals surface area contributed by atoms with E-state index in [4.69, 9.17) is 10.2 Å². The van der Waals surface area contributed by atoms with E-state index in [-0.39, 0.29) is 25.0 Å². The lowest BCUT2D eigenvalue weighted by Gasteiger charge is -2.26. The van der Waals surface area contributed by atoms with Gasteiger partial charge in [-0.05, 0) is 6.92 Å². The number of aliphatic hydroxyl groups excluding tert-OH is 2. The van der Waals surface area contributed by atoms with Crippen molar-refractivity contribution in [3.05, 3.63) is 0 Å². The zero-order valence-electron chi connectivity index (χ0n) is 8.36. The maximum absolute atomic E-state index is 11.3. The molecular weight excluding hydrogens is 170 g/mol. The molecule has 4 heteroatoms. The van der Waals surface area contributed by atoms with Crippen molar-refractivity contribution in [1.82, 2.24) is 4.90 Å². The van der Waals surface area contributed by atoms with Crippen LogP contribution in [-0.4, -0.2) is 53.2 Å². The Labute approximate surface area is 79.2 Å². The van der Waals surface area contributed by atoms with E-state index in [1.54, 1.807) is 11.8 Å². The minimum Gasteiger partial charge on any atom is -0.395 e. The van der Waals surface area contributed by atoms with Crippen LogP contribution in [0.2, 0.25) is 0 Å². The highest BCUT2D eigenvalue weighted by atomic mass is 16.3. The van der Waals surface area contributed by atoms with Crippen molar-refractivity contribution >= 4 is 5.78 Å². The molecule has 0 aliphatic carbocycles. The highest BCUT2D eigenvalue weighted by molar-refractivity contribution is 5.83. The van der Waals surface area contributed by atoms with Crippen LogP contribution in [0.25, 0.3) is 0 Å². The van der Waals surface area contributed by atoms with Crippen molar-refractivity contribution in [3.8, 4) is 0 Å². The minimum atomic E-state index is -0.204. The highest BCUT2D eigenvalue weighted by Gasteiger charge is 2.18. The third-order valence-electron chi connectivity index (χ3n) is 2.14. The Morgan fingerprint density at radius 1 is 1.31 bits per heavy atom. The normalized spacial score (nSPS) is 13.3.